The molecule has 0 aliphatic rings. The zero-order valence-electron chi connectivity index (χ0n) is 19.3. The van der Waals surface area contributed by atoms with Crippen molar-refractivity contribution in [2.45, 2.75) is 58.1 Å². The number of carbonyl (C=O) groups is 1. The standard InChI is InChI=1S/C22H36FN3O4S/c1-8-21(27)26(9-2)13-12-25(7)16(4)22(19-11-10-15(3)20(23)14-19)30-17(5)18(6)31(24,28)29/h8,10-11,14,16-18,22H,1,9,12-13H2,2-7H3,(H2,24,28,29)/t16?,17-,18?,22+/m0/s1. The summed E-state index contributed by atoms with van der Waals surface area (Å²) < 4.78 is 44.0. The maximum Gasteiger partial charge on any atom is 0.245 e. The lowest BCUT2D eigenvalue weighted by atomic mass is 10.00. The van der Waals surface area contributed by atoms with Crippen LogP contribution in [0.25, 0.3) is 0 Å². The second-order valence-electron chi connectivity index (χ2n) is 7.91. The molecule has 0 saturated heterocycles. The summed E-state index contributed by atoms with van der Waals surface area (Å²) >= 11 is 0. The number of halogens is 1. The molecule has 1 amide bonds. The molecule has 2 unspecified atom stereocenters. The lowest BCUT2D eigenvalue weighted by Crippen LogP contribution is -2.44. The molecule has 31 heavy (non-hydrogen) atoms. The van der Waals surface area contributed by atoms with Gasteiger partial charge >= 0.3 is 0 Å². The molecule has 0 bridgehead atoms. The zero-order valence-corrected chi connectivity index (χ0v) is 20.2. The van der Waals surface area contributed by atoms with E-state index in [1.807, 2.05) is 25.8 Å². The number of benzene rings is 1. The molecular weight excluding hydrogens is 421 g/mol. The molecule has 0 fully saturated rings. The van der Waals surface area contributed by atoms with Crippen LogP contribution in [-0.4, -0.2) is 68.2 Å². The van der Waals surface area contributed by atoms with Gasteiger partial charge in [-0.1, -0.05) is 18.7 Å². The minimum absolute atomic E-state index is 0.146. The molecular formula is C22H36FN3O4S. The van der Waals surface area contributed by atoms with Crippen LogP contribution in [0.4, 0.5) is 4.39 Å². The number of nitrogens with two attached hydrogens (primary N) is 1. The van der Waals surface area contributed by atoms with Gasteiger partial charge in [0.15, 0.2) is 0 Å². The summed E-state index contributed by atoms with van der Waals surface area (Å²) in [4.78, 5) is 15.6. The molecule has 0 saturated carbocycles. The highest BCUT2D eigenvalue weighted by Gasteiger charge is 2.31. The molecule has 9 heteroatoms. The fourth-order valence-corrected chi connectivity index (χ4v) is 3.73. The van der Waals surface area contributed by atoms with Gasteiger partial charge < -0.3 is 9.64 Å². The van der Waals surface area contributed by atoms with Crippen LogP contribution in [0.3, 0.4) is 0 Å². The van der Waals surface area contributed by atoms with E-state index in [9.17, 15) is 17.6 Å². The van der Waals surface area contributed by atoms with Crippen LogP contribution < -0.4 is 5.14 Å². The molecule has 0 spiro atoms. The van der Waals surface area contributed by atoms with E-state index in [4.69, 9.17) is 9.88 Å². The van der Waals surface area contributed by atoms with Gasteiger partial charge in [-0.15, -0.1) is 0 Å². The maximum atomic E-state index is 14.3. The average Bonchev–Trinajstić information content (AvgIpc) is 2.72. The highest BCUT2D eigenvalue weighted by molar-refractivity contribution is 7.89. The maximum absolute atomic E-state index is 14.3. The van der Waals surface area contributed by atoms with Crippen molar-refractivity contribution in [2.75, 3.05) is 26.7 Å². The van der Waals surface area contributed by atoms with E-state index in [0.717, 1.165) is 0 Å². The Bertz CT molecular complexity index is 862. The van der Waals surface area contributed by atoms with Gasteiger partial charge in [-0.25, -0.2) is 17.9 Å². The Hall–Kier alpha value is -1.81. The van der Waals surface area contributed by atoms with Gasteiger partial charge in [0.25, 0.3) is 0 Å². The number of hydrogen-bond donors (Lipinski definition) is 1. The fourth-order valence-electron chi connectivity index (χ4n) is 3.13. The number of primary sulfonamides is 1. The van der Waals surface area contributed by atoms with Crippen molar-refractivity contribution in [3.63, 3.8) is 0 Å². The zero-order chi connectivity index (χ0) is 23.9. The van der Waals surface area contributed by atoms with Crippen LogP contribution in [-0.2, 0) is 19.6 Å². The summed E-state index contributed by atoms with van der Waals surface area (Å²) in [6.45, 7) is 13.7. The SMILES string of the molecule is C=CC(=O)N(CC)CCN(C)C(C)[C@@H](O[C@@H](C)C(C)S(N)(=O)=O)c1ccc(C)c(F)c1. The summed E-state index contributed by atoms with van der Waals surface area (Å²) in [6, 6.07) is 4.62. The number of nitrogens with zero attached hydrogens (tertiary/aromatic N) is 2. The monoisotopic (exact) mass is 457 g/mol. The van der Waals surface area contributed by atoms with E-state index in [1.54, 1.807) is 30.9 Å². The summed E-state index contributed by atoms with van der Waals surface area (Å²) in [5.74, 6) is -0.505. The van der Waals surface area contributed by atoms with Crippen molar-refractivity contribution < 1.29 is 22.3 Å². The summed E-state index contributed by atoms with van der Waals surface area (Å²) in [6.07, 6.45) is -0.0382. The number of likely N-dealkylation sites (N-methyl/N-ethyl adjacent to an activating group) is 2. The second kappa shape index (κ2) is 11.7. The number of carbonyl (C=O) groups excluding carboxylic acids is 1. The van der Waals surface area contributed by atoms with E-state index in [2.05, 4.69) is 6.58 Å². The van der Waals surface area contributed by atoms with Crippen LogP contribution in [0, 0.1) is 12.7 Å². The number of hydrogen-bond acceptors (Lipinski definition) is 5. The predicted octanol–water partition coefficient (Wildman–Crippen LogP) is 2.61. The molecule has 1 rings (SSSR count). The molecule has 0 radical (unpaired) electrons. The first-order chi connectivity index (χ1) is 14.3. The third-order valence-electron chi connectivity index (χ3n) is 5.79. The third-order valence-corrected chi connectivity index (χ3v) is 7.21. The first-order valence-electron chi connectivity index (χ1n) is 10.4. The molecule has 176 valence electrons. The van der Waals surface area contributed by atoms with E-state index < -0.39 is 27.5 Å². The Morgan fingerprint density at radius 2 is 1.90 bits per heavy atom. The van der Waals surface area contributed by atoms with Gasteiger partial charge in [0.05, 0.1) is 17.5 Å². The van der Waals surface area contributed by atoms with Gasteiger partial charge in [0, 0.05) is 25.7 Å². The van der Waals surface area contributed by atoms with Crippen LogP contribution in [0.2, 0.25) is 0 Å². The van der Waals surface area contributed by atoms with Crippen LogP contribution in [0.15, 0.2) is 30.9 Å². The Kier molecular flexibility index (Phi) is 10.3. The smallest absolute Gasteiger partial charge is 0.245 e. The van der Waals surface area contributed by atoms with Crippen LogP contribution >= 0.6 is 0 Å². The van der Waals surface area contributed by atoms with E-state index in [-0.39, 0.29) is 17.8 Å². The van der Waals surface area contributed by atoms with Crippen molar-refractivity contribution in [1.82, 2.24) is 9.80 Å². The molecule has 2 N–H and O–H groups in total. The fraction of sp³-hybridized carbons (Fsp3) is 0.591. The molecule has 0 heterocycles. The lowest BCUT2D eigenvalue weighted by Gasteiger charge is -2.36. The molecule has 0 aromatic heterocycles. The number of sulfonamides is 1. The second-order valence-corrected chi connectivity index (χ2v) is 9.83. The Morgan fingerprint density at radius 1 is 1.29 bits per heavy atom. The summed E-state index contributed by atoms with van der Waals surface area (Å²) in [7, 11) is -1.91. The number of ether oxygens (including phenoxy) is 1. The van der Waals surface area contributed by atoms with Gasteiger partial charge in [0.2, 0.25) is 15.9 Å². The molecule has 0 aliphatic carbocycles. The molecule has 0 aliphatic heterocycles. The highest BCUT2D eigenvalue weighted by atomic mass is 32.2. The summed E-state index contributed by atoms with van der Waals surface area (Å²) in [5, 5.41) is 4.36. The Labute approximate surface area is 186 Å². The van der Waals surface area contributed by atoms with Crippen LogP contribution in [0.1, 0.15) is 44.9 Å². The first-order valence-corrected chi connectivity index (χ1v) is 12.0. The van der Waals surface area contributed by atoms with E-state index >= 15 is 0 Å². The minimum Gasteiger partial charge on any atom is -0.368 e. The van der Waals surface area contributed by atoms with Gasteiger partial charge in [-0.3, -0.25) is 9.69 Å². The highest BCUT2D eigenvalue weighted by Crippen LogP contribution is 2.29. The lowest BCUT2D eigenvalue weighted by molar-refractivity contribution is -0.126. The van der Waals surface area contributed by atoms with Crippen LogP contribution in [0.5, 0.6) is 0 Å². The van der Waals surface area contributed by atoms with Crippen molar-refractivity contribution in [2.24, 2.45) is 5.14 Å². The first kappa shape index (κ1) is 27.2. The number of rotatable bonds is 12. The Balaban J connectivity index is 3.12. The number of amides is 1. The quantitative estimate of drug-likeness (QED) is 0.487. The van der Waals surface area contributed by atoms with Crippen molar-refractivity contribution in [3.05, 3.63) is 47.8 Å². The van der Waals surface area contributed by atoms with Gasteiger partial charge in [-0.2, -0.15) is 0 Å². The van der Waals surface area contributed by atoms with Crippen molar-refractivity contribution >= 4 is 15.9 Å². The topological polar surface area (TPSA) is 92.9 Å². The van der Waals surface area contributed by atoms with E-state index in [0.29, 0.717) is 30.8 Å². The van der Waals surface area contributed by atoms with Crippen molar-refractivity contribution in [3.8, 4) is 0 Å². The molecule has 1 aromatic carbocycles. The van der Waals surface area contributed by atoms with Gasteiger partial charge in [-0.05, 0) is 64.9 Å². The minimum atomic E-state index is -3.79. The van der Waals surface area contributed by atoms with Gasteiger partial charge in [0.1, 0.15) is 5.82 Å². The molecule has 1 aromatic rings. The Morgan fingerprint density at radius 3 is 2.39 bits per heavy atom. The normalized spacial score (nSPS) is 15.9. The summed E-state index contributed by atoms with van der Waals surface area (Å²) in [5.41, 5.74) is 1.11. The van der Waals surface area contributed by atoms with Crippen molar-refractivity contribution in [1.29, 1.82) is 0 Å². The molecule has 4 atom stereocenters. The number of aryl methyl sites for hydroxylation is 1. The molecule has 7 nitrogen and oxygen atoms in total. The van der Waals surface area contributed by atoms with E-state index in [1.165, 1.54) is 19.1 Å². The predicted molar refractivity (Wildman–Crippen MR) is 122 cm³/mol. The third kappa shape index (κ3) is 7.68. The average molecular weight is 458 g/mol. The largest absolute Gasteiger partial charge is 0.368 e.